The summed E-state index contributed by atoms with van der Waals surface area (Å²) in [5, 5.41) is 3.47. The first-order chi connectivity index (χ1) is 10.1. The molecule has 0 amide bonds. The van der Waals surface area contributed by atoms with Crippen molar-refractivity contribution in [3.8, 4) is 0 Å². The number of hydrogen-bond acceptors (Lipinski definition) is 2. The van der Waals surface area contributed by atoms with Gasteiger partial charge in [0.1, 0.15) is 0 Å². The smallest absolute Gasteiger partial charge is 0.250 e. The summed E-state index contributed by atoms with van der Waals surface area (Å²) in [5.41, 5.74) is 5.32. The van der Waals surface area contributed by atoms with Crippen LogP contribution < -0.4 is 10.9 Å². The van der Waals surface area contributed by atoms with Gasteiger partial charge in [-0.2, -0.15) is 0 Å². The summed E-state index contributed by atoms with van der Waals surface area (Å²) in [6.45, 7) is 2.16. The van der Waals surface area contributed by atoms with Crippen LogP contribution in [0.3, 0.4) is 0 Å². The molecule has 0 spiro atoms. The molecule has 21 heavy (non-hydrogen) atoms. The molecule has 1 aliphatic rings. The molecule has 1 heterocycles. The lowest BCUT2D eigenvalue weighted by Crippen LogP contribution is -2.16. The van der Waals surface area contributed by atoms with Crippen molar-refractivity contribution in [1.82, 2.24) is 4.57 Å². The van der Waals surface area contributed by atoms with E-state index >= 15 is 0 Å². The van der Waals surface area contributed by atoms with E-state index in [1.807, 2.05) is 12.3 Å². The van der Waals surface area contributed by atoms with E-state index in [-0.39, 0.29) is 11.6 Å². The summed E-state index contributed by atoms with van der Waals surface area (Å²) in [4.78, 5) is 11.4. The van der Waals surface area contributed by atoms with Crippen LogP contribution in [-0.4, -0.2) is 4.57 Å². The van der Waals surface area contributed by atoms with E-state index in [4.69, 9.17) is 0 Å². The molecular formula is C18H22N2O. The molecule has 1 aromatic carbocycles. The van der Waals surface area contributed by atoms with E-state index in [1.54, 1.807) is 17.7 Å². The molecule has 0 saturated carbocycles. The van der Waals surface area contributed by atoms with Gasteiger partial charge in [0.15, 0.2) is 0 Å². The number of benzene rings is 1. The highest BCUT2D eigenvalue weighted by Gasteiger charge is 2.12. The third-order valence-electron chi connectivity index (χ3n) is 4.34. The van der Waals surface area contributed by atoms with Gasteiger partial charge < -0.3 is 9.88 Å². The Morgan fingerprint density at radius 3 is 2.62 bits per heavy atom. The average molecular weight is 282 g/mol. The Morgan fingerprint density at radius 1 is 1.10 bits per heavy atom. The van der Waals surface area contributed by atoms with Crippen molar-refractivity contribution in [3.05, 3.63) is 63.6 Å². The van der Waals surface area contributed by atoms with Crippen molar-refractivity contribution in [3.63, 3.8) is 0 Å². The first kappa shape index (κ1) is 13.9. The second kappa shape index (κ2) is 5.76. The van der Waals surface area contributed by atoms with E-state index in [1.165, 1.54) is 42.4 Å². The lowest BCUT2D eigenvalue weighted by molar-refractivity contribution is 0.683. The number of nitrogens with one attached hydrogen (secondary N) is 1. The highest BCUT2D eigenvalue weighted by Crippen LogP contribution is 2.26. The third-order valence-corrected chi connectivity index (χ3v) is 4.34. The maximum Gasteiger partial charge on any atom is 0.250 e. The summed E-state index contributed by atoms with van der Waals surface area (Å²) in [5.74, 6) is 0. The number of anilines is 1. The average Bonchev–Trinajstić information content (AvgIpc) is 2.50. The zero-order valence-electron chi connectivity index (χ0n) is 12.7. The summed E-state index contributed by atoms with van der Waals surface area (Å²) < 4.78 is 1.60. The molecule has 1 unspecified atom stereocenters. The maximum atomic E-state index is 11.4. The molecule has 3 heteroatoms. The van der Waals surface area contributed by atoms with E-state index in [0.29, 0.717) is 0 Å². The molecule has 0 saturated heterocycles. The predicted molar refractivity (Wildman–Crippen MR) is 86.8 cm³/mol. The van der Waals surface area contributed by atoms with E-state index in [2.05, 4.69) is 30.4 Å². The fourth-order valence-corrected chi connectivity index (χ4v) is 3.04. The normalized spacial score (nSPS) is 15.3. The van der Waals surface area contributed by atoms with Crippen molar-refractivity contribution >= 4 is 5.69 Å². The number of aryl methyl sites for hydroxylation is 3. The zero-order valence-corrected chi connectivity index (χ0v) is 12.7. The van der Waals surface area contributed by atoms with Gasteiger partial charge in [0.2, 0.25) is 5.56 Å². The molecule has 110 valence electrons. The van der Waals surface area contributed by atoms with E-state index in [0.717, 1.165) is 5.69 Å². The van der Waals surface area contributed by atoms with Crippen LogP contribution >= 0.6 is 0 Å². The van der Waals surface area contributed by atoms with Gasteiger partial charge in [0.05, 0.1) is 5.69 Å². The minimum absolute atomic E-state index is 0.0157. The quantitative estimate of drug-likeness (QED) is 0.935. The molecule has 1 aliphatic carbocycles. The van der Waals surface area contributed by atoms with Crippen LogP contribution in [0.15, 0.2) is 41.3 Å². The van der Waals surface area contributed by atoms with Crippen molar-refractivity contribution in [2.24, 2.45) is 7.05 Å². The highest BCUT2D eigenvalue weighted by molar-refractivity contribution is 5.44. The minimum Gasteiger partial charge on any atom is -0.377 e. The molecule has 0 radical (unpaired) electrons. The van der Waals surface area contributed by atoms with Crippen molar-refractivity contribution in [2.45, 2.75) is 38.6 Å². The summed E-state index contributed by atoms with van der Waals surface area (Å²) in [7, 11) is 1.77. The van der Waals surface area contributed by atoms with E-state index in [9.17, 15) is 4.79 Å². The fraction of sp³-hybridized carbons (Fsp3) is 0.389. The van der Waals surface area contributed by atoms with Crippen LogP contribution in [0, 0.1) is 0 Å². The number of aromatic nitrogens is 1. The maximum absolute atomic E-state index is 11.4. The van der Waals surface area contributed by atoms with Crippen LogP contribution in [-0.2, 0) is 19.9 Å². The zero-order chi connectivity index (χ0) is 14.8. The lowest BCUT2D eigenvalue weighted by Gasteiger charge is -2.20. The Kier molecular flexibility index (Phi) is 3.82. The van der Waals surface area contributed by atoms with Gasteiger partial charge in [-0.25, -0.2) is 0 Å². The van der Waals surface area contributed by atoms with Gasteiger partial charge in [0, 0.05) is 25.4 Å². The first-order valence-corrected chi connectivity index (χ1v) is 7.68. The summed E-state index contributed by atoms with van der Waals surface area (Å²) in [6.07, 6.45) is 6.89. The van der Waals surface area contributed by atoms with Crippen LogP contribution in [0.4, 0.5) is 5.69 Å². The van der Waals surface area contributed by atoms with Crippen molar-refractivity contribution < 1.29 is 0 Å². The number of fused-ring (bicyclic) bond motifs is 1. The Labute approximate surface area is 125 Å². The van der Waals surface area contributed by atoms with Crippen LogP contribution in [0.25, 0.3) is 0 Å². The number of rotatable bonds is 3. The Morgan fingerprint density at radius 2 is 1.86 bits per heavy atom. The third kappa shape index (κ3) is 3.02. The van der Waals surface area contributed by atoms with Gasteiger partial charge >= 0.3 is 0 Å². The Hall–Kier alpha value is -2.03. The molecular weight excluding hydrogens is 260 g/mol. The summed E-state index contributed by atoms with van der Waals surface area (Å²) in [6, 6.07) is 10.5. The Bertz CT molecular complexity index is 703. The first-order valence-electron chi connectivity index (χ1n) is 7.68. The highest BCUT2D eigenvalue weighted by atomic mass is 16.1. The Balaban J connectivity index is 1.80. The van der Waals surface area contributed by atoms with Crippen LogP contribution in [0.2, 0.25) is 0 Å². The molecule has 1 atom stereocenters. The molecule has 3 nitrogen and oxygen atoms in total. The standard InChI is InChI=1S/C18H22N2O/c1-13(19-17-9-10-18(21)20(2)12-17)15-8-7-14-5-3-4-6-16(14)11-15/h7-13,19H,3-6H2,1-2H3. The largest absolute Gasteiger partial charge is 0.377 e. The second-order valence-corrected chi connectivity index (χ2v) is 5.97. The predicted octanol–water partition coefficient (Wildman–Crippen LogP) is 3.44. The van der Waals surface area contributed by atoms with Crippen molar-refractivity contribution in [2.75, 3.05) is 5.32 Å². The lowest BCUT2D eigenvalue weighted by atomic mass is 9.89. The van der Waals surface area contributed by atoms with E-state index < -0.39 is 0 Å². The summed E-state index contributed by atoms with van der Waals surface area (Å²) >= 11 is 0. The molecule has 1 aromatic heterocycles. The topological polar surface area (TPSA) is 34.0 Å². The van der Waals surface area contributed by atoms with Crippen LogP contribution in [0.5, 0.6) is 0 Å². The second-order valence-electron chi connectivity index (χ2n) is 5.97. The molecule has 0 aliphatic heterocycles. The molecule has 2 aromatic rings. The van der Waals surface area contributed by atoms with Gasteiger partial charge in [-0.15, -0.1) is 0 Å². The molecule has 0 fully saturated rings. The fourth-order valence-electron chi connectivity index (χ4n) is 3.04. The number of nitrogens with zero attached hydrogens (tertiary/aromatic N) is 1. The SMILES string of the molecule is CC(Nc1ccc(=O)n(C)c1)c1ccc2c(c1)CCCC2. The van der Waals surface area contributed by atoms with Gasteiger partial charge in [-0.3, -0.25) is 4.79 Å². The molecule has 1 N–H and O–H groups in total. The number of hydrogen-bond donors (Lipinski definition) is 1. The molecule has 3 rings (SSSR count). The minimum atomic E-state index is 0.0157. The van der Waals surface area contributed by atoms with Crippen molar-refractivity contribution in [1.29, 1.82) is 0 Å². The monoisotopic (exact) mass is 282 g/mol. The van der Waals surface area contributed by atoms with Gasteiger partial charge in [-0.05, 0) is 55.4 Å². The molecule has 0 bridgehead atoms. The number of pyridine rings is 1. The van der Waals surface area contributed by atoms with Gasteiger partial charge in [0.25, 0.3) is 0 Å². The van der Waals surface area contributed by atoms with Gasteiger partial charge in [-0.1, -0.05) is 18.2 Å². The van der Waals surface area contributed by atoms with Crippen LogP contribution in [0.1, 0.15) is 42.5 Å².